The van der Waals surface area contributed by atoms with Crippen molar-refractivity contribution in [3.8, 4) is 5.75 Å². The molecule has 2 aromatic rings. The molecule has 6 heteroatoms. The van der Waals surface area contributed by atoms with Crippen LogP contribution in [0.15, 0.2) is 28.0 Å². The summed E-state index contributed by atoms with van der Waals surface area (Å²) < 4.78 is 14.2. The first-order valence-electron chi connectivity index (χ1n) is 5.12. The van der Waals surface area contributed by atoms with Crippen LogP contribution in [-0.4, -0.2) is 15.9 Å². The molecule has 0 bridgehead atoms. The van der Waals surface area contributed by atoms with E-state index < -0.39 is 5.82 Å². The number of hydrogen-bond donors (Lipinski definition) is 1. The molecule has 1 heterocycles. The molecule has 0 radical (unpaired) electrons. The first-order valence-corrected chi connectivity index (χ1v) is 6.99. The lowest BCUT2D eigenvalue weighted by atomic mass is 10.1. The highest BCUT2D eigenvalue weighted by atomic mass is 32.2. The highest BCUT2D eigenvalue weighted by molar-refractivity contribution is 8.00. The van der Waals surface area contributed by atoms with Gasteiger partial charge in [-0.05, 0) is 19.1 Å². The fourth-order valence-corrected chi connectivity index (χ4v) is 3.07. The molecule has 0 amide bonds. The second-order valence-electron chi connectivity index (χ2n) is 3.60. The summed E-state index contributed by atoms with van der Waals surface area (Å²) in [6.45, 7) is 1.30. The van der Waals surface area contributed by atoms with E-state index in [1.165, 1.54) is 36.1 Å². The molecule has 3 nitrogen and oxygen atoms in total. The molecular formula is C12H10FNO2S2. The van der Waals surface area contributed by atoms with Gasteiger partial charge in [0.05, 0.1) is 5.56 Å². The van der Waals surface area contributed by atoms with E-state index in [-0.39, 0.29) is 17.1 Å². The summed E-state index contributed by atoms with van der Waals surface area (Å²) in [5.74, 6) is -0.648. The SMILES string of the molecule is CC(=O)c1cc(F)cc(CSc2nccs2)c1O. The standard InChI is InChI=1S/C12H10FNO2S2/c1-7(15)10-5-9(13)4-8(11(10)16)6-18-12-14-2-3-17-12/h2-5,16H,6H2,1H3. The maximum atomic E-state index is 13.3. The van der Waals surface area contributed by atoms with Gasteiger partial charge < -0.3 is 5.11 Å². The number of Topliss-reactive ketones (excluding diaryl/α,β-unsaturated/α-hetero) is 1. The summed E-state index contributed by atoms with van der Waals surface area (Å²) in [6.07, 6.45) is 1.68. The van der Waals surface area contributed by atoms with Gasteiger partial charge in [0.25, 0.3) is 0 Å². The van der Waals surface area contributed by atoms with Gasteiger partial charge in [0.1, 0.15) is 15.9 Å². The topological polar surface area (TPSA) is 50.2 Å². The van der Waals surface area contributed by atoms with Crippen LogP contribution in [0.1, 0.15) is 22.8 Å². The van der Waals surface area contributed by atoms with E-state index in [0.29, 0.717) is 11.3 Å². The number of aromatic hydroxyl groups is 1. The number of thioether (sulfide) groups is 1. The van der Waals surface area contributed by atoms with Crippen molar-refractivity contribution >= 4 is 28.9 Å². The van der Waals surface area contributed by atoms with E-state index in [9.17, 15) is 14.3 Å². The Hall–Kier alpha value is -1.40. The smallest absolute Gasteiger partial charge is 0.163 e. The maximum Gasteiger partial charge on any atom is 0.163 e. The minimum atomic E-state index is -0.521. The maximum absolute atomic E-state index is 13.3. The minimum absolute atomic E-state index is 0.0183. The van der Waals surface area contributed by atoms with Crippen molar-refractivity contribution < 1.29 is 14.3 Å². The van der Waals surface area contributed by atoms with Crippen molar-refractivity contribution in [1.29, 1.82) is 0 Å². The van der Waals surface area contributed by atoms with Gasteiger partial charge in [-0.2, -0.15) is 0 Å². The number of carbonyl (C=O) groups excluding carboxylic acids is 1. The molecular weight excluding hydrogens is 273 g/mol. The zero-order chi connectivity index (χ0) is 13.1. The van der Waals surface area contributed by atoms with E-state index in [0.717, 1.165) is 10.4 Å². The Kier molecular flexibility index (Phi) is 3.98. The number of hydrogen-bond acceptors (Lipinski definition) is 5. The van der Waals surface area contributed by atoms with E-state index in [1.54, 1.807) is 6.20 Å². The average Bonchev–Trinajstić information content (AvgIpc) is 2.82. The third-order valence-corrected chi connectivity index (χ3v) is 4.31. The van der Waals surface area contributed by atoms with Gasteiger partial charge in [0.2, 0.25) is 0 Å². The first kappa shape index (κ1) is 13.0. The zero-order valence-electron chi connectivity index (χ0n) is 9.51. The Labute approximate surface area is 112 Å². The second-order valence-corrected chi connectivity index (χ2v) is 5.72. The molecule has 0 fully saturated rings. The number of ketones is 1. The lowest BCUT2D eigenvalue weighted by molar-refractivity contribution is 0.101. The Morgan fingerprint density at radius 1 is 1.56 bits per heavy atom. The molecule has 0 aliphatic heterocycles. The lowest BCUT2D eigenvalue weighted by Crippen LogP contribution is -1.97. The number of halogens is 1. The predicted molar refractivity (Wildman–Crippen MR) is 69.7 cm³/mol. The predicted octanol–water partition coefficient (Wildman–Crippen LogP) is 3.48. The number of rotatable bonds is 4. The number of aromatic nitrogens is 1. The van der Waals surface area contributed by atoms with E-state index in [4.69, 9.17) is 0 Å². The highest BCUT2D eigenvalue weighted by Crippen LogP contribution is 2.31. The van der Waals surface area contributed by atoms with Gasteiger partial charge in [-0.15, -0.1) is 11.3 Å². The van der Waals surface area contributed by atoms with Gasteiger partial charge in [0.15, 0.2) is 5.78 Å². The van der Waals surface area contributed by atoms with E-state index >= 15 is 0 Å². The molecule has 1 aromatic carbocycles. The van der Waals surface area contributed by atoms with Crippen molar-refractivity contribution in [2.24, 2.45) is 0 Å². The Morgan fingerprint density at radius 3 is 2.94 bits per heavy atom. The normalized spacial score (nSPS) is 10.6. The number of benzene rings is 1. The van der Waals surface area contributed by atoms with Gasteiger partial charge in [-0.25, -0.2) is 9.37 Å². The summed E-state index contributed by atoms with van der Waals surface area (Å²) in [5.41, 5.74) is 0.421. The number of carbonyl (C=O) groups is 1. The molecule has 0 spiro atoms. The Bertz CT molecular complexity index is 570. The third kappa shape index (κ3) is 2.88. The molecule has 1 N–H and O–H groups in total. The van der Waals surface area contributed by atoms with Gasteiger partial charge in [-0.1, -0.05) is 11.8 Å². The molecule has 0 aliphatic rings. The Morgan fingerprint density at radius 2 is 2.33 bits per heavy atom. The van der Waals surface area contributed by atoms with Crippen molar-refractivity contribution in [2.45, 2.75) is 17.0 Å². The first-order chi connectivity index (χ1) is 8.58. The van der Waals surface area contributed by atoms with Crippen LogP contribution in [0.5, 0.6) is 5.75 Å². The van der Waals surface area contributed by atoms with Crippen LogP contribution < -0.4 is 0 Å². The van der Waals surface area contributed by atoms with Gasteiger partial charge >= 0.3 is 0 Å². The molecule has 1 aromatic heterocycles. The summed E-state index contributed by atoms with van der Waals surface area (Å²) in [5, 5.41) is 11.7. The van der Waals surface area contributed by atoms with Crippen LogP contribution in [0.4, 0.5) is 4.39 Å². The second kappa shape index (κ2) is 5.49. The molecule has 0 unspecified atom stereocenters. The van der Waals surface area contributed by atoms with Gasteiger partial charge in [0, 0.05) is 22.9 Å². The third-order valence-electron chi connectivity index (χ3n) is 2.29. The van der Waals surface area contributed by atoms with Crippen LogP contribution >= 0.6 is 23.1 Å². The van der Waals surface area contributed by atoms with Crippen molar-refractivity contribution in [3.05, 3.63) is 40.7 Å². The fourth-order valence-electron chi connectivity index (χ4n) is 1.46. The van der Waals surface area contributed by atoms with Crippen LogP contribution in [0, 0.1) is 5.82 Å². The van der Waals surface area contributed by atoms with E-state index in [2.05, 4.69) is 4.98 Å². The number of thiazole rings is 1. The van der Waals surface area contributed by atoms with Crippen molar-refractivity contribution in [2.75, 3.05) is 0 Å². The molecule has 18 heavy (non-hydrogen) atoms. The van der Waals surface area contributed by atoms with Crippen LogP contribution in [0.3, 0.4) is 0 Å². The highest BCUT2D eigenvalue weighted by Gasteiger charge is 2.14. The quantitative estimate of drug-likeness (QED) is 0.689. The number of phenolic OH excluding ortho intramolecular Hbond substituents is 1. The molecule has 0 saturated heterocycles. The van der Waals surface area contributed by atoms with Gasteiger partial charge in [-0.3, -0.25) is 4.79 Å². The summed E-state index contributed by atoms with van der Waals surface area (Å²) in [6, 6.07) is 2.29. The summed E-state index contributed by atoms with van der Waals surface area (Å²) in [4.78, 5) is 15.3. The fraction of sp³-hybridized carbons (Fsp3) is 0.167. The minimum Gasteiger partial charge on any atom is -0.507 e. The molecule has 94 valence electrons. The largest absolute Gasteiger partial charge is 0.507 e. The molecule has 0 saturated carbocycles. The number of nitrogens with zero attached hydrogens (tertiary/aromatic N) is 1. The molecule has 0 atom stereocenters. The lowest BCUT2D eigenvalue weighted by Gasteiger charge is -2.07. The summed E-state index contributed by atoms with van der Waals surface area (Å²) >= 11 is 2.87. The molecule has 2 rings (SSSR count). The zero-order valence-corrected chi connectivity index (χ0v) is 11.1. The number of phenols is 1. The van der Waals surface area contributed by atoms with Crippen LogP contribution in [0.25, 0.3) is 0 Å². The Balaban J connectivity index is 2.24. The monoisotopic (exact) mass is 283 g/mol. The van der Waals surface area contributed by atoms with Crippen LogP contribution in [0.2, 0.25) is 0 Å². The van der Waals surface area contributed by atoms with E-state index in [1.807, 2.05) is 5.38 Å². The average molecular weight is 283 g/mol. The van der Waals surface area contributed by atoms with Crippen molar-refractivity contribution in [1.82, 2.24) is 4.98 Å². The van der Waals surface area contributed by atoms with Crippen molar-refractivity contribution in [3.63, 3.8) is 0 Å². The molecule has 0 aliphatic carbocycles. The summed E-state index contributed by atoms with van der Waals surface area (Å²) in [7, 11) is 0. The van der Waals surface area contributed by atoms with Crippen LogP contribution in [-0.2, 0) is 5.75 Å².